The van der Waals surface area contributed by atoms with Gasteiger partial charge in [-0.25, -0.2) is 5.43 Å². The zero-order valence-electron chi connectivity index (χ0n) is 5.65. The van der Waals surface area contributed by atoms with E-state index in [4.69, 9.17) is 6.42 Å². The highest BCUT2D eigenvalue weighted by Crippen LogP contribution is 1.66. The van der Waals surface area contributed by atoms with Gasteiger partial charge in [-0.3, -0.25) is 0 Å². The number of nitrogens with one attached hydrogen (secondary N) is 2. The molecule has 0 bridgehead atoms. The molecule has 2 heteroatoms. The van der Waals surface area contributed by atoms with Crippen LogP contribution in [0.25, 0.3) is 0 Å². The summed E-state index contributed by atoms with van der Waals surface area (Å²) in [4.78, 5) is 0. The Morgan fingerprint density at radius 3 is 3.00 bits per heavy atom. The van der Waals surface area contributed by atoms with E-state index in [0.29, 0.717) is 0 Å². The standard InChI is InChI=1S/C7H12N2/c1-3-5-7-9-8-6-4-2/h1,4,6,8-9H,5,7H2,2H3/b6-4-. The fourth-order valence-corrected chi connectivity index (χ4v) is 0.349. The highest BCUT2D eigenvalue weighted by atomic mass is 15.3. The van der Waals surface area contributed by atoms with E-state index >= 15 is 0 Å². The Morgan fingerprint density at radius 1 is 1.67 bits per heavy atom. The molecule has 0 aliphatic rings. The van der Waals surface area contributed by atoms with Crippen LogP contribution in [0.3, 0.4) is 0 Å². The van der Waals surface area contributed by atoms with Crippen molar-refractivity contribution in [3.63, 3.8) is 0 Å². The summed E-state index contributed by atoms with van der Waals surface area (Å²) in [7, 11) is 0. The molecule has 0 rings (SSSR count). The topological polar surface area (TPSA) is 24.1 Å². The highest BCUT2D eigenvalue weighted by Gasteiger charge is 1.74. The number of rotatable bonds is 4. The average Bonchev–Trinajstić information content (AvgIpc) is 1.89. The molecular formula is C7H12N2. The van der Waals surface area contributed by atoms with Crippen LogP contribution in [0.2, 0.25) is 0 Å². The molecule has 0 heterocycles. The summed E-state index contributed by atoms with van der Waals surface area (Å²) < 4.78 is 0. The molecule has 0 spiro atoms. The quantitative estimate of drug-likeness (QED) is 0.326. The molecule has 0 aromatic carbocycles. The minimum absolute atomic E-state index is 0.755. The van der Waals surface area contributed by atoms with Gasteiger partial charge in [0.25, 0.3) is 0 Å². The van der Waals surface area contributed by atoms with Crippen LogP contribution >= 0.6 is 0 Å². The fraction of sp³-hybridized carbons (Fsp3) is 0.429. The smallest absolute Gasteiger partial charge is 0.0257 e. The van der Waals surface area contributed by atoms with Gasteiger partial charge in [-0.15, -0.1) is 12.3 Å². The second-order valence-corrected chi connectivity index (χ2v) is 1.53. The molecule has 0 unspecified atom stereocenters. The van der Waals surface area contributed by atoms with E-state index < -0.39 is 0 Å². The minimum atomic E-state index is 0.755. The lowest BCUT2D eigenvalue weighted by molar-refractivity contribution is 0.635. The number of terminal acetylenes is 1. The molecule has 0 fully saturated rings. The van der Waals surface area contributed by atoms with Gasteiger partial charge in [0.15, 0.2) is 0 Å². The van der Waals surface area contributed by atoms with Crippen molar-refractivity contribution in [2.24, 2.45) is 0 Å². The van der Waals surface area contributed by atoms with E-state index in [-0.39, 0.29) is 0 Å². The van der Waals surface area contributed by atoms with Gasteiger partial charge in [0.05, 0.1) is 0 Å². The van der Waals surface area contributed by atoms with Crippen molar-refractivity contribution in [3.8, 4) is 12.3 Å². The molecule has 50 valence electrons. The van der Waals surface area contributed by atoms with Crippen LogP contribution in [0.1, 0.15) is 13.3 Å². The number of hydrogen-bond donors (Lipinski definition) is 2. The molecular weight excluding hydrogens is 112 g/mol. The molecule has 2 nitrogen and oxygen atoms in total. The molecule has 0 aromatic heterocycles. The molecule has 0 aromatic rings. The van der Waals surface area contributed by atoms with E-state index in [1.54, 1.807) is 0 Å². The van der Waals surface area contributed by atoms with Gasteiger partial charge in [-0.05, 0) is 6.92 Å². The molecule has 0 atom stereocenters. The Morgan fingerprint density at radius 2 is 2.44 bits per heavy atom. The Kier molecular flexibility index (Phi) is 6.32. The van der Waals surface area contributed by atoms with Crippen molar-refractivity contribution in [1.29, 1.82) is 0 Å². The summed E-state index contributed by atoms with van der Waals surface area (Å²) in [5.41, 5.74) is 5.75. The minimum Gasteiger partial charge on any atom is -0.329 e. The van der Waals surface area contributed by atoms with Gasteiger partial charge in [-0.2, -0.15) is 0 Å². The number of hydrazine groups is 1. The Hall–Kier alpha value is -0.940. The van der Waals surface area contributed by atoms with Gasteiger partial charge < -0.3 is 5.43 Å². The first kappa shape index (κ1) is 8.06. The van der Waals surface area contributed by atoms with Gasteiger partial charge in [0.2, 0.25) is 0 Å². The first-order valence-electron chi connectivity index (χ1n) is 2.95. The maximum absolute atomic E-state index is 5.01. The SMILES string of the molecule is C#CCCNN/C=C\C. The van der Waals surface area contributed by atoms with Crippen molar-refractivity contribution in [2.45, 2.75) is 13.3 Å². The number of allylic oxidation sites excluding steroid dienone is 1. The van der Waals surface area contributed by atoms with E-state index in [1.165, 1.54) is 0 Å². The van der Waals surface area contributed by atoms with Crippen molar-refractivity contribution in [3.05, 3.63) is 12.3 Å². The molecule has 0 aliphatic carbocycles. The molecule has 0 saturated carbocycles. The summed E-state index contributed by atoms with van der Waals surface area (Å²) in [5, 5.41) is 0. The fourth-order valence-electron chi connectivity index (χ4n) is 0.349. The van der Waals surface area contributed by atoms with Crippen LogP contribution < -0.4 is 10.9 Å². The Labute approximate surface area is 56.3 Å². The van der Waals surface area contributed by atoms with Crippen molar-refractivity contribution in [1.82, 2.24) is 10.9 Å². The molecule has 0 radical (unpaired) electrons. The summed E-state index contributed by atoms with van der Waals surface area (Å²) in [6, 6.07) is 0. The van der Waals surface area contributed by atoms with Crippen LogP contribution in [0.15, 0.2) is 12.3 Å². The van der Waals surface area contributed by atoms with Gasteiger partial charge in [0, 0.05) is 19.2 Å². The summed E-state index contributed by atoms with van der Waals surface area (Å²) in [6.07, 6.45) is 9.48. The molecule has 2 N–H and O–H groups in total. The second kappa shape index (κ2) is 7.06. The third kappa shape index (κ3) is 7.06. The average molecular weight is 124 g/mol. The van der Waals surface area contributed by atoms with Crippen molar-refractivity contribution >= 4 is 0 Å². The van der Waals surface area contributed by atoms with E-state index in [9.17, 15) is 0 Å². The third-order valence-electron chi connectivity index (χ3n) is 0.746. The maximum Gasteiger partial charge on any atom is 0.0257 e. The third-order valence-corrected chi connectivity index (χ3v) is 0.746. The van der Waals surface area contributed by atoms with Gasteiger partial charge >= 0.3 is 0 Å². The first-order valence-corrected chi connectivity index (χ1v) is 2.95. The van der Waals surface area contributed by atoms with Crippen LogP contribution in [0, 0.1) is 12.3 Å². The van der Waals surface area contributed by atoms with Crippen LogP contribution in [-0.2, 0) is 0 Å². The normalized spacial score (nSPS) is 9.33. The Bertz CT molecular complexity index is 111. The van der Waals surface area contributed by atoms with E-state index in [2.05, 4.69) is 16.8 Å². The predicted octanol–water partition coefficient (Wildman–Crippen LogP) is 0.637. The Balaban J connectivity index is 2.85. The highest BCUT2D eigenvalue weighted by molar-refractivity contribution is 4.84. The zero-order valence-corrected chi connectivity index (χ0v) is 5.65. The van der Waals surface area contributed by atoms with Crippen LogP contribution in [0.5, 0.6) is 0 Å². The monoisotopic (exact) mass is 124 g/mol. The lowest BCUT2D eigenvalue weighted by atomic mass is 10.5. The predicted molar refractivity (Wildman–Crippen MR) is 39.4 cm³/mol. The van der Waals surface area contributed by atoms with Crippen LogP contribution in [0.4, 0.5) is 0 Å². The molecule has 0 saturated heterocycles. The second-order valence-electron chi connectivity index (χ2n) is 1.53. The van der Waals surface area contributed by atoms with Gasteiger partial charge in [-0.1, -0.05) is 6.08 Å². The largest absolute Gasteiger partial charge is 0.329 e. The first-order chi connectivity index (χ1) is 4.41. The lowest BCUT2D eigenvalue weighted by Gasteiger charge is -1.98. The summed E-state index contributed by atoms with van der Waals surface area (Å²) >= 11 is 0. The lowest BCUT2D eigenvalue weighted by Crippen LogP contribution is -2.27. The van der Waals surface area contributed by atoms with Gasteiger partial charge in [0.1, 0.15) is 0 Å². The van der Waals surface area contributed by atoms with Crippen molar-refractivity contribution < 1.29 is 0 Å². The van der Waals surface area contributed by atoms with E-state index in [0.717, 1.165) is 13.0 Å². The van der Waals surface area contributed by atoms with Crippen LogP contribution in [-0.4, -0.2) is 6.54 Å². The number of hydrogen-bond acceptors (Lipinski definition) is 2. The molecule has 0 amide bonds. The van der Waals surface area contributed by atoms with E-state index in [1.807, 2.05) is 19.2 Å². The molecule has 9 heavy (non-hydrogen) atoms. The molecule has 0 aliphatic heterocycles. The summed E-state index contributed by atoms with van der Waals surface area (Å²) in [5.74, 6) is 2.52. The maximum atomic E-state index is 5.01. The zero-order chi connectivity index (χ0) is 6.95. The van der Waals surface area contributed by atoms with Crippen molar-refractivity contribution in [2.75, 3.05) is 6.54 Å². The summed E-state index contributed by atoms with van der Waals surface area (Å²) in [6.45, 7) is 2.75.